The van der Waals surface area contributed by atoms with E-state index < -0.39 is 0 Å². The summed E-state index contributed by atoms with van der Waals surface area (Å²) in [4.78, 5) is 17.3. The molecule has 4 rings (SSSR count). The van der Waals surface area contributed by atoms with E-state index in [1.165, 1.54) is 17.8 Å². The summed E-state index contributed by atoms with van der Waals surface area (Å²) in [5.41, 5.74) is 2.27. The number of nitrogens with zero attached hydrogens (tertiary/aromatic N) is 2. The summed E-state index contributed by atoms with van der Waals surface area (Å²) in [7, 11) is 0. The molecule has 0 fully saturated rings. The molecule has 0 aliphatic carbocycles. The molecule has 0 bridgehead atoms. The zero-order chi connectivity index (χ0) is 16.5. The lowest BCUT2D eigenvalue weighted by Gasteiger charge is -2.04. The smallest absolute Gasteiger partial charge is 0.336 e. The first-order chi connectivity index (χ1) is 11.7. The first-order valence-corrected chi connectivity index (χ1v) is 9.18. The van der Waals surface area contributed by atoms with E-state index in [-0.39, 0.29) is 5.63 Å². The van der Waals surface area contributed by atoms with Crippen LogP contribution in [0.5, 0.6) is 0 Å². The molecule has 0 saturated heterocycles. The summed E-state index contributed by atoms with van der Waals surface area (Å²) in [6.45, 7) is 1.97. The minimum Gasteiger partial charge on any atom is -0.423 e. The first kappa shape index (κ1) is 15.2. The van der Waals surface area contributed by atoms with Crippen LogP contribution in [0.2, 0.25) is 0 Å². The number of aryl methyl sites for hydroxylation is 1. The summed E-state index contributed by atoms with van der Waals surface area (Å²) in [6, 6.07) is 11.4. The highest BCUT2D eigenvalue weighted by molar-refractivity contribution is 7.98. The van der Waals surface area contributed by atoms with E-state index in [9.17, 15) is 4.79 Å². The molecule has 0 radical (unpaired) electrons. The molecular weight excluding hydrogens is 342 g/mol. The van der Waals surface area contributed by atoms with Gasteiger partial charge in [0, 0.05) is 17.2 Å². The molecule has 1 aromatic carbocycles. The lowest BCUT2D eigenvalue weighted by molar-refractivity contribution is 0.559. The molecule has 4 aromatic rings. The summed E-state index contributed by atoms with van der Waals surface area (Å²) in [6.07, 6.45) is 0. The fourth-order valence-corrected chi connectivity index (χ4v) is 3.89. The van der Waals surface area contributed by atoms with Crippen LogP contribution >= 0.6 is 23.1 Å². The van der Waals surface area contributed by atoms with Crippen molar-refractivity contribution in [2.45, 2.75) is 17.8 Å². The van der Waals surface area contributed by atoms with E-state index in [0.717, 1.165) is 27.2 Å². The molecule has 120 valence electrons. The Hall–Kier alpha value is -2.38. The minimum absolute atomic E-state index is 0.335. The second-order valence-corrected chi connectivity index (χ2v) is 7.21. The number of H-pyrrole nitrogens is 1. The Morgan fingerprint density at radius 3 is 3.04 bits per heavy atom. The lowest BCUT2D eigenvalue weighted by Crippen LogP contribution is -2.00. The molecule has 3 aromatic heterocycles. The fraction of sp³-hybridized carbons (Fsp3) is 0.118. The van der Waals surface area contributed by atoms with Gasteiger partial charge in [-0.15, -0.1) is 16.4 Å². The van der Waals surface area contributed by atoms with Crippen LogP contribution in [0.3, 0.4) is 0 Å². The summed E-state index contributed by atoms with van der Waals surface area (Å²) in [5.74, 6) is 1.37. The maximum absolute atomic E-state index is 11.8. The highest BCUT2D eigenvalue weighted by Crippen LogP contribution is 2.27. The molecule has 7 heteroatoms. The van der Waals surface area contributed by atoms with Gasteiger partial charge in [-0.25, -0.2) is 9.78 Å². The van der Waals surface area contributed by atoms with Crippen molar-refractivity contribution in [3.63, 3.8) is 0 Å². The number of thiophene rings is 1. The maximum Gasteiger partial charge on any atom is 0.336 e. The van der Waals surface area contributed by atoms with E-state index in [4.69, 9.17) is 4.42 Å². The van der Waals surface area contributed by atoms with Crippen molar-refractivity contribution in [1.29, 1.82) is 0 Å². The van der Waals surface area contributed by atoms with Crippen molar-refractivity contribution < 1.29 is 4.42 Å². The van der Waals surface area contributed by atoms with Crippen LogP contribution in [0.1, 0.15) is 11.1 Å². The molecule has 1 N–H and O–H groups in total. The molecule has 5 nitrogen and oxygen atoms in total. The second-order valence-electron chi connectivity index (χ2n) is 5.32. The second kappa shape index (κ2) is 6.26. The Morgan fingerprint density at radius 2 is 2.21 bits per heavy atom. The molecule has 0 atom stereocenters. The van der Waals surface area contributed by atoms with Gasteiger partial charge >= 0.3 is 5.63 Å². The Labute approximate surface area is 145 Å². The molecular formula is C17H13N3O2S2. The quantitative estimate of drug-likeness (QED) is 0.438. The van der Waals surface area contributed by atoms with Gasteiger partial charge in [0.05, 0.1) is 4.88 Å². The first-order valence-electron chi connectivity index (χ1n) is 7.31. The van der Waals surface area contributed by atoms with Crippen molar-refractivity contribution in [2.24, 2.45) is 0 Å². The monoisotopic (exact) mass is 355 g/mol. The minimum atomic E-state index is -0.335. The van der Waals surface area contributed by atoms with Crippen LogP contribution in [0.15, 0.2) is 56.1 Å². The SMILES string of the molecule is Cc1ccc2c(CSc3n[nH]c(-c4cccs4)n3)cc(=O)oc2c1. The van der Waals surface area contributed by atoms with E-state index in [2.05, 4.69) is 15.2 Å². The van der Waals surface area contributed by atoms with Crippen molar-refractivity contribution in [1.82, 2.24) is 15.2 Å². The van der Waals surface area contributed by atoms with Gasteiger partial charge in [0.25, 0.3) is 0 Å². The van der Waals surface area contributed by atoms with Crippen LogP contribution in [0.25, 0.3) is 21.7 Å². The fourth-order valence-electron chi connectivity index (χ4n) is 2.43. The summed E-state index contributed by atoms with van der Waals surface area (Å²) < 4.78 is 5.29. The number of rotatable bonds is 4. The van der Waals surface area contributed by atoms with Gasteiger partial charge < -0.3 is 4.42 Å². The molecule has 0 saturated carbocycles. The number of nitrogens with one attached hydrogen (secondary N) is 1. The van der Waals surface area contributed by atoms with Crippen molar-refractivity contribution >= 4 is 34.1 Å². The van der Waals surface area contributed by atoms with Crippen LogP contribution in [0.4, 0.5) is 0 Å². The number of aromatic nitrogens is 3. The van der Waals surface area contributed by atoms with Crippen LogP contribution < -0.4 is 5.63 Å². The van der Waals surface area contributed by atoms with Gasteiger partial charge in [-0.1, -0.05) is 30.0 Å². The topological polar surface area (TPSA) is 71.8 Å². The number of thioether (sulfide) groups is 1. The normalized spacial score (nSPS) is 11.2. The predicted octanol–water partition coefficient (Wildman–Crippen LogP) is 4.24. The third-order valence-corrected chi connectivity index (χ3v) is 5.33. The third kappa shape index (κ3) is 3.00. The molecule has 0 spiro atoms. The van der Waals surface area contributed by atoms with Crippen LogP contribution in [-0.4, -0.2) is 15.2 Å². The maximum atomic E-state index is 11.8. The number of hydrogen-bond acceptors (Lipinski definition) is 6. The summed E-state index contributed by atoms with van der Waals surface area (Å²) >= 11 is 3.10. The van der Waals surface area contributed by atoms with E-state index >= 15 is 0 Å². The van der Waals surface area contributed by atoms with Gasteiger partial charge in [0.1, 0.15) is 5.58 Å². The van der Waals surface area contributed by atoms with E-state index in [1.54, 1.807) is 11.3 Å². The van der Waals surface area contributed by atoms with E-state index in [0.29, 0.717) is 16.5 Å². The zero-order valence-corrected chi connectivity index (χ0v) is 14.4. The Bertz CT molecular complexity index is 1050. The number of benzene rings is 1. The third-order valence-electron chi connectivity index (χ3n) is 3.56. The largest absolute Gasteiger partial charge is 0.423 e. The van der Waals surface area contributed by atoms with Gasteiger partial charge in [0.2, 0.25) is 5.16 Å². The number of hydrogen-bond donors (Lipinski definition) is 1. The molecule has 24 heavy (non-hydrogen) atoms. The van der Waals surface area contributed by atoms with Crippen molar-refractivity contribution in [3.8, 4) is 10.7 Å². The van der Waals surface area contributed by atoms with Crippen molar-refractivity contribution in [2.75, 3.05) is 0 Å². The van der Waals surface area contributed by atoms with Gasteiger partial charge in [0.15, 0.2) is 5.82 Å². The average molecular weight is 355 g/mol. The number of fused-ring (bicyclic) bond motifs is 1. The predicted molar refractivity (Wildman–Crippen MR) is 96.5 cm³/mol. The molecule has 0 unspecified atom stereocenters. The van der Waals surface area contributed by atoms with Crippen molar-refractivity contribution in [3.05, 3.63) is 63.3 Å². The van der Waals surface area contributed by atoms with E-state index in [1.807, 2.05) is 42.6 Å². The van der Waals surface area contributed by atoms with Crippen LogP contribution in [-0.2, 0) is 5.75 Å². The zero-order valence-electron chi connectivity index (χ0n) is 12.8. The highest BCUT2D eigenvalue weighted by atomic mass is 32.2. The lowest BCUT2D eigenvalue weighted by atomic mass is 10.1. The number of aromatic amines is 1. The molecule has 0 amide bonds. The summed E-state index contributed by atoms with van der Waals surface area (Å²) in [5, 5.41) is 10.8. The standard InChI is InChI=1S/C17H13N3O2S2/c1-10-4-5-12-11(8-15(21)22-13(12)7-10)9-24-17-18-16(19-20-17)14-3-2-6-23-14/h2-8H,9H2,1H3,(H,18,19,20). The molecule has 3 heterocycles. The van der Waals surface area contributed by atoms with Gasteiger partial charge in [-0.3, -0.25) is 5.10 Å². The Morgan fingerprint density at radius 1 is 1.29 bits per heavy atom. The van der Waals surface area contributed by atoms with Gasteiger partial charge in [-0.05, 0) is 35.6 Å². The molecule has 0 aliphatic heterocycles. The molecule has 0 aliphatic rings. The Balaban J connectivity index is 1.60. The average Bonchev–Trinajstić information content (AvgIpc) is 3.23. The Kier molecular flexibility index (Phi) is 3.95. The highest BCUT2D eigenvalue weighted by Gasteiger charge is 2.10. The van der Waals surface area contributed by atoms with Gasteiger partial charge in [-0.2, -0.15) is 0 Å². The van der Waals surface area contributed by atoms with Crippen LogP contribution in [0, 0.1) is 6.92 Å².